The molecule has 0 bridgehead atoms. The van der Waals surface area contributed by atoms with E-state index in [-0.39, 0.29) is 5.71 Å². The van der Waals surface area contributed by atoms with Gasteiger partial charge in [0.25, 0.3) is 0 Å². The largest absolute Gasteiger partial charge is 0.384 e. The van der Waals surface area contributed by atoms with Crippen LogP contribution in [0.2, 0.25) is 5.02 Å². The number of hydrogen-bond donors (Lipinski definition) is 2. The molecule has 1 aromatic rings. The fourth-order valence-electron chi connectivity index (χ4n) is 2.12. The Bertz CT molecular complexity index is 383. The van der Waals surface area contributed by atoms with E-state index < -0.39 is 5.60 Å². The van der Waals surface area contributed by atoms with Crippen molar-refractivity contribution in [2.75, 3.05) is 0 Å². The molecule has 2 rings (SSSR count). The Morgan fingerprint density at radius 1 is 1.27 bits per heavy atom. The number of hydrogen-bond acceptors (Lipinski definition) is 2. The van der Waals surface area contributed by atoms with Crippen LogP contribution in [-0.4, -0.2) is 16.4 Å². The van der Waals surface area contributed by atoms with E-state index in [4.69, 9.17) is 17.0 Å². The van der Waals surface area contributed by atoms with Gasteiger partial charge in [-0.15, -0.1) is 0 Å². The van der Waals surface area contributed by atoms with Crippen LogP contribution in [0.3, 0.4) is 0 Å². The summed E-state index contributed by atoms with van der Waals surface area (Å²) >= 11 is 6.01. The SMILES string of the molecule is N=C(c1ccccc1Cl)C1(O)CCCC1. The quantitative estimate of drug-likeness (QED) is 0.744. The van der Waals surface area contributed by atoms with Gasteiger partial charge in [-0.3, -0.25) is 0 Å². The van der Waals surface area contributed by atoms with E-state index >= 15 is 0 Å². The zero-order chi connectivity index (χ0) is 10.9. The molecule has 0 heterocycles. The monoisotopic (exact) mass is 223 g/mol. The fourth-order valence-corrected chi connectivity index (χ4v) is 2.35. The summed E-state index contributed by atoms with van der Waals surface area (Å²) in [5, 5.41) is 18.8. The summed E-state index contributed by atoms with van der Waals surface area (Å²) in [6, 6.07) is 7.22. The summed E-state index contributed by atoms with van der Waals surface area (Å²) in [7, 11) is 0. The molecule has 80 valence electrons. The molecule has 0 aliphatic heterocycles. The van der Waals surface area contributed by atoms with Gasteiger partial charge in [-0.05, 0) is 18.9 Å². The summed E-state index contributed by atoms with van der Waals surface area (Å²) in [6.45, 7) is 0. The smallest absolute Gasteiger partial charge is 0.106 e. The van der Waals surface area contributed by atoms with Crippen LogP contribution in [0.15, 0.2) is 24.3 Å². The first-order valence-electron chi connectivity index (χ1n) is 5.20. The second-order valence-electron chi connectivity index (χ2n) is 4.09. The molecule has 1 fully saturated rings. The van der Waals surface area contributed by atoms with Gasteiger partial charge in [0, 0.05) is 10.6 Å². The molecule has 0 unspecified atom stereocenters. The highest BCUT2D eigenvalue weighted by atomic mass is 35.5. The molecule has 15 heavy (non-hydrogen) atoms. The second kappa shape index (κ2) is 3.95. The van der Waals surface area contributed by atoms with E-state index in [1.165, 1.54) is 0 Å². The maximum atomic E-state index is 10.3. The summed E-state index contributed by atoms with van der Waals surface area (Å²) < 4.78 is 0. The van der Waals surface area contributed by atoms with E-state index in [1.807, 2.05) is 12.1 Å². The van der Waals surface area contributed by atoms with E-state index in [1.54, 1.807) is 12.1 Å². The number of halogens is 1. The molecule has 2 N–H and O–H groups in total. The molecule has 3 heteroatoms. The Kier molecular flexibility index (Phi) is 2.81. The van der Waals surface area contributed by atoms with Crippen molar-refractivity contribution >= 4 is 17.3 Å². The highest BCUT2D eigenvalue weighted by Crippen LogP contribution is 2.34. The van der Waals surface area contributed by atoms with Crippen molar-refractivity contribution in [3.63, 3.8) is 0 Å². The molecule has 0 amide bonds. The van der Waals surface area contributed by atoms with Gasteiger partial charge in [0.15, 0.2) is 0 Å². The molecule has 0 radical (unpaired) electrons. The lowest BCUT2D eigenvalue weighted by atomic mass is 9.90. The summed E-state index contributed by atoms with van der Waals surface area (Å²) in [6.07, 6.45) is 3.33. The highest BCUT2D eigenvalue weighted by Gasteiger charge is 2.36. The second-order valence-corrected chi connectivity index (χ2v) is 4.50. The molecule has 2 nitrogen and oxygen atoms in total. The van der Waals surface area contributed by atoms with Crippen molar-refractivity contribution < 1.29 is 5.11 Å². The van der Waals surface area contributed by atoms with Gasteiger partial charge in [0.2, 0.25) is 0 Å². The topological polar surface area (TPSA) is 44.1 Å². The molecule has 0 aromatic heterocycles. The lowest BCUT2D eigenvalue weighted by molar-refractivity contribution is 0.120. The van der Waals surface area contributed by atoms with Crippen molar-refractivity contribution in [2.24, 2.45) is 0 Å². The lowest BCUT2D eigenvalue weighted by Crippen LogP contribution is -2.35. The number of rotatable bonds is 2. The zero-order valence-corrected chi connectivity index (χ0v) is 9.22. The predicted molar refractivity (Wildman–Crippen MR) is 61.7 cm³/mol. The normalized spacial score (nSPS) is 19.1. The molecular formula is C12H14ClNO. The van der Waals surface area contributed by atoms with E-state index in [2.05, 4.69) is 0 Å². The van der Waals surface area contributed by atoms with Gasteiger partial charge in [0.05, 0.1) is 5.71 Å². The highest BCUT2D eigenvalue weighted by molar-refractivity contribution is 6.34. The average Bonchev–Trinajstić information content (AvgIpc) is 2.66. The maximum Gasteiger partial charge on any atom is 0.106 e. The van der Waals surface area contributed by atoms with Gasteiger partial charge in [-0.1, -0.05) is 42.6 Å². The van der Waals surface area contributed by atoms with Gasteiger partial charge in [-0.2, -0.15) is 0 Å². The van der Waals surface area contributed by atoms with E-state index in [0.717, 1.165) is 12.8 Å². The Hall–Kier alpha value is -0.860. The summed E-state index contributed by atoms with van der Waals surface area (Å²) in [5.41, 5.74) is -0.0282. The molecule has 1 aliphatic carbocycles. The molecule has 1 saturated carbocycles. The maximum absolute atomic E-state index is 10.3. The average molecular weight is 224 g/mol. The molecular weight excluding hydrogens is 210 g/mol. The third-order valence-corrected chi connectivity index (χ3v) is 3.37. The van der Waals surface area contributed by atoms with Gasteiger partial charge in [-0.25, -0.2) is 0 Å². The molecule has 0 saturated heterocycles. The van der Waals surface area contributed by atoms with Crippen LogP contribution in [0.1, 0.15) is 31.2 Å². The summed E-state index contributed by atoms with van der Waals surface area (Å²) in [4.78, 5) is 0. The van der Waals surface area contributed by atoms with Crippen molar-refractivity contribution in [1.29, 1.82) is 5.41 Å². The van der Waals surface area contributed by atoms with Crippen LogP contribution in [0.25, 0.3) is 0 Å². The molecule has 0 spiro atoms. The van der Waals surface area contributed by atoms with Gasteiger partial charge in [0.1, 0.15) is 5.60 Å². The van der Waals surface area contributed by atoms with Crippen molar-refractivity contribution in [1.82, 2.24) is 0 Å². The minimum Gasteiger partial charge on any atom is -0.384 e. The van der Waals surface area contributed by atoms with Crippen LogP contribution in [-0.2, 0) is 0 Å². The van der Waals surface area contributed by atoms with Crippen LogP contribution >= 0.6 is 11.6 Å². The van der Waals surface area contributed by atoms with Crippen molar-refractivity contribution in [2.45, 2.75) is 31.3 Å². The minimum absolute atomic E-state index is 0.269. The molecule has 0 atom stereocenters. The Labute approximate surface area is 94.4 Å². The first kappa shape index (κ1) is 10.7. The summed E-state index contributed by atoms with van der Waals surface area (Å²) in [5.74, 6) is 0. The predicted octanol–water partition coefficient (Wildman–Crippen LogP) is 3.01. The molecule has 1 aromatic carbocycles. The number of aliphatic hydroxyl groups is 1. The molecule has 1 aliphatic rings. The first-order chi connectivity index (χ1) is 7.13. The Morgan fingerprint density at radius 2 is 1.87 bits per heavy atom. The van der Waals surface area contributed by atoms with Crippen molar-refractivity contribution in [3.8, 4) is 0 Å². The zero-order valence-electron chi connectivity index (χ0n) is 8.46. The van der Waals surface area contributed by atoms with Crippen LogP contribution in [0, 0.1) is 5.41 Å². The first-order valence-corrected chi connectivity index (χ1v) is 5.58. The number of benzene rings is 1. The fraction of sp³-hybridized carbons (Fsp3) is 0.417. The number of nitrogens with one attached hydrogen (secondary N) is 1. The third kappa shape index (κ3) is 1.92. The van der Waals surface area contributed by atoms with E-state index in [9.17, 15) is 5.11 Å². The third-order valence-electron chi connectivity index (χ3n) is 3.04. The van der Waals surface area contributed by atoms with Gasteiger partial charge < -0.3 is 10.5 Å². The van der Waals surface area contributed by atoms with Crippen LogP contribution < -0.4 is 0 Å². The standard InChI is InChI=1S/C12H14ClNO/c13-10-6-2-1-5-9(10)11(14)12(15)7-3-4-8-12/h1-2,5-6,14-15H,3-4,7-8H2. The van der Waals surface area contributed by atoms with Crippen LogP contribution in [0.4, 0.5) is 0 Å². The van der Waals surface area contributed by atoms with E-state index in [0.29, 0.717) is 23.4 Å². The minimum atomic E-state index is -0.953. The van der Waals surface area contributed by atoms with Crippen molar-refractivity contribution in [3.05, 3.63) is 34.9 Å². The van der Waals surface area contributed by atoms with Gasteiger partial charge >= 0.3 is 0 Å². The van der Waals surface area contributed by atoms with Crippen LogP contribution in [0.5, 0.6) is 0 Å². The Morgan fingerprint density at radius 3 is 2.47 bits per heavy atom. The lowest BCUT2D eigenvalue weighted by Gasteiger charge is -2.23. The Balaban J connectivity index is 2.32.